The molecule has 0 radical (unpaired) electrons. The van der Waals surface area contributed by atoms with Crippen LogP contribution in [0.1, 0.15) is 18.5 Å². The Morgan fingerprint density at radius 2 is 2.11 bits per heavy atom. The molecule has 1 aromatic carbocycles. The van der Waals surface area contributed by atoms with Crippen molar-refractivity contribution in [2.24, 2.45) is 0 Å². The Balaban J connectivity index is 1.99. The first-order chi connectivity index (χ1) is 9.16. The lowest BCUT2D eigenvalue weighted by Crippen LogP contribution is -2.23. The number of hydrogen-bond acceptors (Lipinski definition) is 3. The lowest BCUT2D eigenvalue weighted by atomic mass is 10.2. The molecule has 0 bridgehead atoms. The van der Waals surface area contributed by atoms with Crippen LogP contribution in [-0.2, 0) is 10.8 Å². The highest BCUT2D eigenvalue weighted by Gasteiger charge is 2.08. The van der Waals surface area contributed by atoms with Crippen molar-refractivity contribution < 1.29 is 4.21 Å². The van der Waals surface area contributed by atoms with Gasteiger partial charge in [-0.3, -0.25) is 4.21 Å². The van der Waals surface area contributed by atoms with Crippen LogP contribution in [0.2, 0.25) is 0 Å². The SMILES string of the molecule is CC(NCCS(C)=O)c1cnn(-c2ccccc2)c1. The average molecular weight is 277 g/mol. The van der Waals surface area contributed by atoms with Gasteiger partial charge in [0.25, 0.3) is 0 Å². The van der Waals surface area contributed by atoms with Crippen LogP contribution in [0.15, 0.2) is 42.7 Å². The Morgan fingerprint density at radius 1 is 1.37 bits per heavy atom. The van der Waals surface area contributed by atoms with Gasteiger partial charge in [0.1, 0.15) is 0 Å². The summed E-state index contributed by atoms with van der Waals surface area (Å²) in [6.07, 6.45) is 5.61. The molecule has 1 N–H and O–H groups in total. The van der Waals surface area contributed by atoms with Gasteiger partial charge in [0.05, 0.1) is 11.9 Å². The number of aromatic nitrogens is 2. The molecule has 0 saturated carbocycles. The number of hydrogen-bond donors (Lipinski definition) is 1. The highest BCUT2D eigenvalue weighted by atomic mass is 32.2. The molecule has 0 saturated heterocycles. The second-order valence-electron chi connectivity index (χ2n) is 4.51. The second-order valence-corrected chi connectivity index (χ2v) is 6.06. The molecule has 2 rings (SSSR count). The summed E-state index contributed by atoms with van der Waals surface area (Å²) >= 11 is 0. The van der Waals surface area contributed by atoms with E-state index in [0.29, 0.717) is 5.75 Å². The van der Waals surface area contributed by atoms with E-state index >= 15 is 0 Å². The van der Waals surface area contributed by atoms with Gasteiger partial charge in [-0.05, 0) is 19.1 Å². The van der Waals surface area contributed by atoms with E-state index in [4.69, 9.17) is 0 Å². The van der Waals surface area contributed by atoms with Crippen molar-refractivity contribution in [2.45, 2.75) is 13.0 Å². The summed E-state index contributed by atoms with van der Waals surface area (Å²) in [5, 5.41) is 7.72. The van der Waals surface area contributed by atoms with Crippen molar-refractivity contribution in [1.29, 1.82) is 0 Å². The van der Waals surface area contributed by atoms with E-state index in [1.807, 2.05) is 47.4 Å². The summed E-state index contributed by atoms with van der Waals surface area (Å²) in [5.41, 5.74) is 2.18. The van der Waals surface area contributed by atoms with Crippen molar-refractivity contribution in [3.8, 4) is 5.69 Å². The zero-order chi connectivity index (χ0) is 13.7. The first-order valence-electron chi connectivity index (χ1n) is 6.30. The van der Waals surface area contributed by atoms with Crippen LogP contribution < -0.4 is 5.32 Å². The molecule has 102 valence electrons. The fraction of sp³-hybridized carbons (Fsp3) is 0.357. The molecule has 0 spiro atoms. The zero-order valence-corrected chi connectivity index (χ0v) is 12.1. The molecule has 0 aliphatic carbocycles. The fourth-order valence-corrected chi connectivity index (χ4v) is 2.22. The summed E-state index contributed by atoms with van der Waals surface area (Å²) in [7, 11) is -0.746. The van der Waals surface area contributed by atoms with E-state index in [0.717, 1.165) is 17.8 Å². The van der Waals surface area contributed by atoms with Crippen LogP contribution in [0.4, 0.5) is 0 Å². The number of rotatable bonds is 6. The van der Waals surface area contributed by atoms with Gasteiger partial charge in [-0.15, -0.1) is 0 Å². The van der Waals surface area contributed by atoms with Gasteiger partial charge in [0.2, 0.25) is 0 Å². The minimum atomic E-state index is -0.746. The molecule has 1 aromatic heterocycles. The number of nitrogens with one attached hydrogen (secondary N) is 1. The molecule has 4 nitrogen and oxygen atoms in total. The predicted molar refractivity (Wildman–Crippen MR) is 78.9 cm³/mol. The van der Waals surface area contributed by atoms with E-state index < -0.39 is 10.8 Å². The van der Waals surface area contributed by atoms with Gasteiger partial charge in [-0.1, -0.05) is 18.2 Å². The Hall–Kier alpha value is -1.46. The molecule has 0 fully saturated rings. The maximum atomic E-state index is 11.0. The third-order valence-corrected chi connectivity index (χ3v) is 3.74. The summed E-state index contributed by atoms with van der Waals surface area (Å²) in [6.45, 7) is 2.84. The summed E-state index contributed by atoms with van der Waals surface area (Å²) in [4.78, 5) is 0. The van der Waals surface area contributed by atoms with E-state index in [9.17, 15) is 4.21 Å². The van der Waals surface area contributed by atoms with Crippen LogP contribution in [0, 0.1) is 0 Å². The van der Waals surface area contributed by atoms with Gasteiger partial charge in [0, 0.05) is 47.2 Å². The summed E-state index contributed by atoms with van der Waals surface area (Å²) in [6, 6.07) is 10.2. The molecule has 0 amide bonds. The third-order valence-electron chi connectivity index (χ3n) is 2.96. The molecule has 2 unspecified atom stereocenters. The first-order valence-corrected chi connectivity index (χ1v) is 8.03. The zero-order valence-electron chi connectivity index (χ0n) is 11.2. The molecule has 0 aliphatic heterocycles. The molecule has 2 atom stereocenters. The minimum Gasteiger partial charge on any atom is -0.309 e. The number of nitrogens with zero attached hydrogens (tertiary/aromatic N) is 2. The maximum absolute atomic E-state index is 11.0. The van der Waals surface area contributed by atoms with Crippen LogP contribution in [-0.4, -0.2) is 32.5 Å². The van der Waals surface area contributed by atoms with Gasteiger partial charge < -0.3 is 5.32 Å². The topological polar surface area (TPSA) is 46.9 Å². The lowest BCUT2D eigenvalue weighted by Gasteiger charge is -2.10. The third kappa shape index (κ3) is 4.01. The second kappa shape index (κ2) is 6.63. The van der Waals surface area contributed by atoms with E-state index in [-0.39, 0.29) is 6.04 Å². The molecule has 5 heteroatoms. The Bertz CT molecular complexity index is 539. The van der Waals surface area contributed by atoms with Crippen molar-refractivity contribution in [1.82, 2.24) is 15.1 Å². The Kier molecular flexibility index (Phi) is 4.87. The highest BCUT2D eigenvalue weighted by Crippen LogP contribution is 2.13. The molecule has 0 aliphatic rings. The van der Waals surface area contributed by atoms with Crippen molar-refractivity contribution in [3.05, 3.63) is 48.3 Å². The van der Waals surface area contributed by atoms with Crippen molar-refractivity contribution >= 4 is 10.8 Å². The van der Waals surface area contributed by atoms with Gasteiger partial charge in [0.15, 0.2) is 0 Å². The van der Waals surface area contributed by atoms with Crippen LogP contribution in [0.5, 0.6) is 0 Å². The summed E-state index contributed by atoms with van der Waals surface area (Å²) in [5.74, 6) is 0.678. The first kappa shape index (κ1) is 14.0. The largest absolute Gasteiger partial charge is 0.309 e. The number of benzene rings is 1. The molecular weight excluding hydrogens is 258 g/mol. The van der Waals surface area contributed by atoms with Crippen LogP contribution in [0.25, 0.3) is 5.69 Å². The van der Waals surface area contributed by atoms with Crippen LogP contribution in [0.3, 0.4) is 0 Å². The van der Waals surface area contributed by atoms with Gasteiger partial charge >= 0.3 is 0 Å². The maximum Gasteiger partial charge on any atom is 0.0645 e. The molecule has 2 aromatic rings. The molecular formula is C14H19N3OS. The fourth-order valence-electron chi connectivity index (χ4n) is 1.82. The quantitative estimate of drug-likeness (QED) is 0.877. The van der Waals surface area contributed by atoms with Gasteiger partial charge in [-0.25, -0.2) is 4.68 Å². The minimum absolute atomic E-state index is 0.209. The standard InChI is InChI=1S/C14H19N3OS/c1-12(15-8-9-19(2)18)13-10-16-17(11-13)14-6-4-3-5-7-14/h3-7,10-12,15H,8-9H2,1-2H3. The van der Waals surface area contributed by atoms with Gasteiger partial charge in [-0.2, -0.15) is 5.10 Å². The van der Waals surface area contributed by atoms with Crippen molar-refractivity contribution in [3.63, 3.8) is 0 Å². The smallest absolute Gasteiger partial charge is 0.0645 e. The monoisotopic (exact) mass is 277 g/mol. The lowest BCUT2D eigenvalue weighted by molar-refractivity contribution is 0.597. The van der Waals surface area contributed by atoms with E-state index in [1.165, 1.54) is 0 Å². The molecule has 19 heavy (non-hydrogen) atoms. The Labute approximate surface area is 116 Å². The van der Waals surface area contributed by atoms with Crippen molar-refractivity contribution in [2.75, 3.05) is 18.6 Å². The summed E-state index contributed by atoms with van der Waals surface area (Å²) < 4.78 is 12.9. The average Bonchev–Trinajstić information content (AvgIpc) is 2.89. The van der Waals surface area contributed by atoms with E-state index in [1.54, 1.807) is 6.26 Å². The molecule has 1 heterocycles. The normalized spacial score (nSPS) is 14.2. The number of para-hydroxylation sites is 1. The Morgan fingerprint density at radius 3 is 2.79 bits per heavy atom. The van der Waals surface area contributed by atoms with E-state index in [2.05, 4.69) is 17.3 Å². The predicted octanol–water partition coefficient (Wildman–Crippen LogP) is 1.90. The highest BCUT2D eigenvalue weighted by molar-refractivity contribution is 7.84. The van der Waals surface area contributed by atoms with Crippen LogP contribution >= 0.6 is 0 Å².